The van der Waals surface area contributed by atoms with Gasteiger partial charge in [0.1, 0.15) is 5.82 Å². The molecular weight excluding hydrogens is 335 g/mol. The molecule has 0 bridgehead atoms. The molecule has 1 aliphatic heterocycles. The molecule has 1 atom stereocenters. The number of piperidine rings is 1. The molecule has 2 heterocycles. The number of nitrogens with zero attached hydrogens (tertiary/aromatic N) is 4. The van der Waals surface area contributed by atoms with E-state index in [9.17, 15) is 14.3 Å². The van der Waals surface area contributed by atoms with Crippen molar-refractivity contribution in [2.75, 3.05) is 31.6 Å². The van der Waals surface area contributed by atoms with Crippen LogP contribution in [0.25, 0.3) is 0 Å². The van der Waals surface area contributed by atoms with Crippen LogP contribution in [-0.4, -0.2) is 58.2 Å². The van der Waals surface area contributed by atoms with Gasteiger partial charge >= 0.3 is 0 Å². The van der Waals surface area contributed by atoms with Crippen LogP contribution in [0.4, 0.5) is 10.3 Å². The summed E-state index contributed by atoms with van der Waals surface area (Å²) in [5.74, 6) is 0.0684. The van der Waals surface area contributed by atoms with E-state index in [-0.39, 0.29) is 24.7 Å². The second-order valence-corrected chi connectivity index (χ2v) is 6.85. The normalized spacial score (nSPS) is 20.0. The number of amides is 1. The number of carbonyl (C=O) groups is 1. The Morgan fingerprint density at radius 1 is 1.35 bits per heavy atom. The molecule has 1 aliphatic rings. The van der Waals surface area contributed by atoms with E-state index in [0.29, 0.717) is 24.5 Å². The highest BCUT2D eigenvalue weighted by Crippen LogP contribution is 2.24. The van der Waals surface area contributed by atoms with Crippen LogP contribution in [0.2, 0.25) is 0 Å². The summed E-state index contributed by atoms with van der Waals surface area (Å²) in [4.78, 5) is 24.4. The fraction of sp³-hybridized carbons (Fsp3) is 0.421. The second-order valence-electron chi connectivity index (χ2n) is 6.85. The van der Waals surface area contributed by atoms with Gasteiger partial charge in [-0.2, -0.15) is 0 Å². The van der Waals surface area contributed by atoms with Crippen molar-refractivity contribution < 1.29 is 14.3 Å². The summed E-state index contributed by atoms with van der Waals surface area (Å²) < 4.78 is 13.3. The Morgan fingerprint density at radius 2 is 2.12 bits per heavy atom. The van der Waals surface area contributed by atoms with Gasteiger partial charge in [-0.05, 0) is 36.6 Å². The minimum atomic E-state index is -1.02. The fourth-order valence-corrected chi connectivity index (χ4v) is 3.35. The van der Waals surface area contributed by atoms with E-state index in [1.807, 2.05) is 4.90 Å². The molecule has 1 amide bonds. The zero-order valence-electron chi connectivity index (χ0n) is 14.8. The van der Waals surface area contributed by atoms with Gasteiger partial charge in [0.25, 0.3) is 0 Å². The first-order valence-electron chi connectivity index (χ1n) is 8.68. The van der Waals surface area contributed by atoms with Gasteiger partial charge in [-0.3, -0.25) is 4.79 Å². The molecule has 7 heteroatoms. The van der Waals surface area contributed by atoms with Gasteiger partial charge < -0.3 is 14.9 Å². The highest BCUT2D eigenvalue weighted by molar-refractivity contribution is 5.78. The zero-order chi connectivity index (χ0) is 18.6. The van der Waals surface area contributed by atoms with Gasteiger partial charge in [0.2, 0.25) is 11.9 Å². The van der Waals surface area contributed by atoms with Crippen molar-refractivity contribution in [1.29, 1.82) is 0 Å². The number of β-amino-alcohol motifs (C(OH)–C–C–N with tert-alkyl or cyclic N) is 1. The van der Waals surface area contributed by atoms with Crippen molar-refractivity contribution in [3.05, 3.63) is 54.1 Å². The van der Waals surface area contributed by atoms with Gasteiger partial charge in [-0.25, -0.2) is 14.4 Å². The molecule has 1 aromatic heterocycles. The van der Waals surface area contributed by atoms with Crippen molar-refractivity contribution in [3.8, 4) is 0 Å². The quantitative estimate of drug-likeness (QED) is 0.880. The molecule has 6 nitrogen and oxygen atoms in total. The number of hydrogen-bond acceptors (Lipinski definition) is 5. The van der Waals surface area contributed by atoms with E-state index in [4.69, 9.17) is 0 Å². The number of halogens is 1. The number of benzene rings is 1. The summed E-state index contributed by atoms with van der Waals surface area (Å²) in [6.45, 7) is 1.35. The van der Waals surface area contributed by atoms with Crippen LogP contribution in [0.15, 0.2) is 42.7 Å². The Labute approximate surface area is 152 Å². The highest BCUT2D eigenvalue weighted by atomic mass is 19.1. The maximum Gasteiger partial charge on any atom is 0.226 e. The molecule has 138 valence electrons. The minimum absolute atomic E-state index is 0.107. The lowest BCUT2D eigenvalue weighted by atomic mass is 9.92. The van der Waals surface area contributed by atoms with Crippen LogP contribution >= 0.6 is 0 Å². The summed E-state index contributed by atoms with van der Waals surface area (Å²) in [6, 6.07) is 7.76. The van der Waals surface area contributed by atoms with Crippen LogP contribution in [0, 0.1) is 5.82 Å². The fourth-order valence-electron chi connectivity index (χ4n) is 3.35. The van der Waals surface area contributed by atoms with Crippen molar-refractivity contribution in [3.63, 3.8) is 0 Å². The third-order valence-electron chi connectivity index (χ3n) is 4.59. The first-order chi connectivity index (χ1) is 12.5. The summed E-state index contributed by atoms with van der Waals surface area (Å²) >= 11 is 0. The number of hydrogen-bond donors (Lipinski definition) is 1. The molecule has 0 unspecified atom stereocenters. The van der Waals surface area contributed by atoms with Crippen LogP contribution < -0.4 is 4.90 Å². The standard InChI is InChI=1S/C19H23FN4O2/c1-23(17(25)12-15-5-2-6-16(20)11-15)13-19(26)7-3-10-24(14-19)18-21-8-4-9-22-18/h2,4-6,8-9,11,26H,3,7,10,12-14H2,1H3/t19-/m0/s1. The lowest BCUT2D eigenvalue weighted by molar-refractivity contribution is -0.132. The number of anilines is 1. The molecule has 1 N–H and O–H groups in total. The minimum Gasteiger partial charge on any atom is -0.386 e. The molecule has 0 saturated carbocycles. The molecule has 26 heavy (non-hydrogen) atoms. The Morgan fingerprint density at radius 3 is 2.85 bits per heavy atom. The third-order valence-corrected chi connectivity index (χ3v) is 4.59. The van der Waals surface area contributed by atoms with Gasteiger partial charge in [-0.15, -0.1) is 0 Å². The van der Waals surface area contributed by atoms with E-state index in [1.165, 1.54) is 17.0 Å². The van der Waals surface area contributed by atoms with Crippen molar-refractivity contribution in [1.82, 2.24) is 14.9 Å². The average molecular weight is 358 g/mol. The zero-order valence-corrected chi connectivity index (χ0v) is 14.8. The Kier molecular flexibility index (Phi) is 5.46. The molecule has 0 aliphatic carbocycles. The predicted molar refractivity (Wildman–Crippen MR) is 96.2 cm³/mol. The smallest absolute Gasteiger partial charge is 0.226 e. The van der Waals surface area contributed by atoms with E-state index in [0.717, 1.165) is 13.0 Å². The van der Waals surface area contributed by atoms with Crippen LogP contribution in [0.5, 0.6) is 0 Å². The average Bonchev–Trinajstić information content (AvgIpc) is 2.62. The van der Waals surface area contributed by atoms with Crippen LogP contribution in [-0.2, 0) is 11.2 Å². The predicted octanol–water partition coefficient (Wildman–Crippen LogP) is 1.65. The van der Waals surface area contributed by atoms with Crippen molar-refractivity contribution in [2.24, 2.45) is 0 Å². The molecule has 1 aromatic carbocycles. The molecule has 1 fully saturated rings. The maximum absolute atomic E-state index is 13.3. The molecular formula is C19H23FN4O2. The first kappa shape index (κ1) is 18.3. The maximum atomic E-state index is 13.3. The molecule has 1 saturated heterocycles. The summed E-state index contributed by atoms with van der Waals surface area (Å²) in [5, 5.41) is 11.0. The first-order valence-corrected chi connectivity index (χ1v) is 8.68. The largest absolute Gasteiger partial charge is 0.386 e. The monoisotopic (exact) mass is 358 g/mol. The van der Waals surface area contributed by atoms with Crippen LogP contribution in [0.3, 0.4) is 0 Å². The van der Waals surface area contributed by atoms with Crippen molar-refractivity contribution >= 4 is 11.9 Å². The topological polar surface area (TPSA) is 69.6 Å². The molecule has 3 rings (SSSR count). The summed E-state index contributed by atoms with van der Waals surface area (Å²) in [7, 11) is 1.66. The lowest BCUT2D eigenvalue weighted by Crippen LogP contribution is -2.55. The van der Waals surface area contributed by atoms with Crippen molar-refractivity contribution in [2.45, 2.75) is 24.9 Å². The summed E-state index contributed by atoms with van der Waals surface area (Å²) in [6.07, 6.45) is 4.85. The Hall–Kier alpha value is -2.54. The third kappa shape index (κ3) is 4.54. The van der Waals surface area contributed by atoms with E-state index >= 15 is 0 Å². The number of aliphatic hydroxyl groups is 1. The Bertz CT molecular complexity index is 758. The SMILES string of the molecule is CN(C[C@@]1(O)CCCN(c2ncccn2)C1)C(=O)Cc1cccc(F)c1. The van der Waals surface area contributed by atoms with Gasteiger partial charge in [0, 0.05) is 26.0 Å². The number of carbonyl (C=O) groups excluding carboxylic acids is 1. The molecule has 0 radical (unpaired) electrons. The van der Waals surface area contributed by atoms with E-state index < -0.39 is 5.60 Å². The van der Waals surface area contributed by atoms with E-state index in [2.05, 4.69) is 9.97 Å². The molecule has 2 aromatic rings. The van der Waals surface area contributed by atoms with Gasteiger partial charge in [0.05, 0.1) is 25.1 Å². The number of rotatable bonds is 5. The van der Waals surface area contributed by atoms with E-state index in [1.54, 1.807) is 37.6 Å². The summed E-state index contributed by atoms with van der Waals surface area (Å²) in [5.41, 5.74) is -0.402. The second kappa shape index (κ2) is 7.78. The Balaban J connectivity index is 1.61. The van der Waals surface area contributed by atoms with Gasteiger partial charge in [0.15, 0.2) is 0 Å². The number of aromatic nitrogens is 2. The van der Waals surface area contributed by atoms with Gasteiger partial charge in [-0.1, -0.05) is 12.1 Å². The number of likely N-dealkylation sites (N-methyl/N-ethyl adjacent to an activating group) is 1. The molecule has 0 spiro atoms. The van der Waals surface area contributed by atoms with Crippen LogP contribution in [0.1, 0.15) is 18.4 Å². The highest BCUT2D eigenvalue weighted by Gasteiger charge is 2.36. The lowest BCUT2D eigenvalue weighted by Gasteiger charge is -2.41.